The monoisotopic (exact) mass is 375 g/mol. The van der Waals surface area contributed by atoms with Crippen molar-refractivity contribution in [3.63, 3.8) is 0 Å². The maximum absolute atomic E-state index is 12.5. The van der Waals surface area contributed by atoms with Crippen LogP contribution in [0.4, 0.5) is 5.00 Å². The number of morpholine rings is 1. The molecule has 0 bridgehead atoms. The molecular weight excluding hydrogens is 354 g/mol. The molecule has 2 aromatic rings. The van der Waals surface area contributed by atoms with Crippen molar-refractivity contribution in [2.75, 3.05) is 38.3 Å². The molecule has 2 heterocycles. The van der Waals surface area contributed by atoms with Gasteiger partial charge in [0, 0.05) is 18.7 Å². The van der Waals surface area contributed by atoms with Crippen LogP contribution in [0.3, 0.4) is 0 Å². The number of carbonyl (C=O) groups is 2. The Morgan fingerprint density at radius 2 is 1.88 bits per heavy atom. The molecule has 0 amide bonds. The topological polar surface area (TPSA) is 65.1 Å². The highest BCUT2D eigenvalue weighted by Gasteiger charge is 2.25. The Hall–Kier alpha value is -2.38. The van der Waals surface area contributed by atoms with Gasteiger partial charge in [0.2, 0.25) is 0 Å². The van der Waals surface area contributed by atoms with Gasteiger partial charge in [0.05, 0.1) is 25.3 Å². The normalized spacial score (nSPS) is 15.4. The van der Waals surface area contributed by atoms with Crippen LogP contribution < -0.4 is 4.90 Å². The highest BCUT2D eigenvalue weighted by molar-refractivity contribution is 7.18. The van der Waals surface area contributed by atoms with Crippen LogP contribution in [0, 0.1) is 0 Å². The molecule has 1 aromatic heterocycles. The van der Waals surface area contributed by atoms with Crippen LogP contribution in [0.25, 0.3) is 11.1 Å². The van der Waals surface area contributed by atoms with Crippen molar-refractivity contribution in [1.82, 2.24) is 0 Å². The summed E-state index contributed by atoms with van der Waals surface area (Å²) in [6.45, 7) is 4.36. The van der Waals surface area contributed by atoms with Gasteiger partial charge in [-0.05, 0) is 18.6 Å². The molecule has 0 saturated carbocycles. The smallest absolute Gasteiger partial charge is 0.349 e. The van der Waals surface area contributed by atoms with Crippen LogP contribution in [0.5, 0.6) is 0 Å². The average molecular weight is 375 g/mol. The zero-order valence-electron chi connectivity index (χ0n) is 14.8. The molecule has 1 fully saturated rings. The first kappa shape index (κ1) is 18.4. The van der Waals surface area contributed by atoms with E-state index < -0.39 is 18.0 Å². The second-order valence-corrected chi connectivity index (χ2v) is 6.90. The molecule has 0 radical (unpaired) electrons. The van der Waals surface area contributed by atoms with Gasteiger partial charge in [-0.15, -0.1) is 11.3 Å². The van der Waals surface area contributed by atoms with Gasteiger partial charge >= 0.3 is 11.9 Å². The minimum atomic E-state index is -0.943. The van der Waals surface area contributed by atoms with E-state index in [-0.39, 0.29) is 0 Å². The number of hydrogen-bond donors (Lipinski definition) is 0. The highest BCUT2D eigenvalue weighted by atomic mass is 32.1. The molecule has 7 heteroatoms. The van der Waals surface area contributed by atoms with Crippen molar-refractivity contribution in [2.45, 2.75) is 13.0 Å². The Morgan fingerprint density at radius 3 is 2.54 bits per heavy atom. The summed E-state index contributed by atoms with van der Waals surface area (Å²) >= 11 is 1.37. The first-order valence-corrected chi connectivity index (χ1v) is 9.22. The maximum Gasteiger partial charge on any atom is 0.349 e. The summed E-state index contributed by atoms with van der Waals surface area (Å²) in [6.07, 6.45) is -0.943. The van der Waals surface area contributed by atoms with E-state index in [0.29, 0.717) is 18.1 Å². The summed E-state index contributed by atoms with van der Waals surface area (Å²) in [5, 5.41) is 1.01. The molecule has 6 nitrogen and oxygen atoms in total. The fraction of sp³-hybridized carbons (Fsp3) is 0.368. The van der Waals surface area contributed by atoms with Crippen LogP contribution in [0.2, 0.25) is 0 Å². The molecule has 1 aromatic carbocycles. The fourth-order valence-corrected chi connectivity index (χ4v) is 3.86. The first-order chi connectivity index (χ1) is 12.6. The summed E-state index contributed by atoms with van der Waals surface area (Å²) < 4.78 is 15.3. The SMILES string of the molecule is COC(=O)[C@H](C)OC(=O)c1cc(-c2ccccc2)c(N2CCOCC2)s1. The van der Waals surface area contributed by atoms with E-state index in [1.807, 2.05) is 36.4 Å². The lowest BCUT2D eigenvalue weighted by atomic mass is 10.1. The summed E-state index contributed by atoms with van der Waals surface area (Å²) in [7, 11) is 1.27. The molecule has 1 saturated heterocycles. The predicted octanol–water partition coefficient (Wildman–Crippen LogP) is 2.97. The van der Waals surface area contributed by atoms with Crippen molar-refractivity contribution in [2.24, 2.45) is 0 Å². The molecule has 0 N–H and O–H groups in total. The maximum atomic E-state index is 12.5. The van der Waals surface area contributed by atoms with Gasteiger partial charge in [-0.25, -0.2) is 9.59 Å². The molecule has 1 aliphatic heterocycles. The van der Waals surface area contributed by atoms with Gasteiger partial charge in [-0.1, -0.05) is 30.3 Å². The third kappa shape index (κ3) is 4.05. The summed E-state index contributed by atoms with van der Waals surface area (Å²) in [6, 6.07) is 11.7. The second kappa shape index (κ2) is 8.33. The lowest BCUT2D eigenvalue weighted by molar-refractivity contribution is -0.149. The lowest BCUT2D eigenvalue weighted by Crippen LogP contribution is -2.35. The van der Waals surface area contributed by atoms with Crippen LogP contribution in [-0.2, 0) is 19.0 Å². The number of esters is 2. The zero-order valence-corrected chi connectivity index (χ0v) is 15.6. The predicted molar refractivity (Wildman–Crippen MR) is 99.7 cm³/mol. The molecule has 3 rings (SSSR count). The second-order valence-electron chi connectivity index (χ2n) is 5.87. The van der Waals surface area contributed by atoms with Crippen LogP contribution in [0.1, 0.15) is 16.6 Å². The van der Waals surface area contributed by atoms with Crippen molar-refractivity contribution < 1.29 is 23.8 Å². The number of ether oxygens (including phenoxy) is 3. The van der Waals surface area contributed by atoms with Crippen LogP contribution >= 0.6 is 11.3 Å². The largest absolute Gasteiger partial charge is 0.466 e. The molecule has 0 aliphatic carbocycles. The third-order valence-corrected chi connectivity index (χ3v) is 5.29. The van der Waals surface area contributed by atoms with Crippen molar-refractivity contribution >= 4 is 28.3 Å². The molecule has 0 spiro atoms. The number of thiophene rings is 1. The first-order valence-electron chi connectivity index (χ1n) is 8.41. The number of rotatable bonds is 5. The molecule has 26 heavy (non-hydrogen) atoms. The van der Waals surface area contributed by atoms with Crippen LogP contribution in [0.15, 0.2) is 36.4 Å². The Kier molecular flexibility index (Phi) is 5.90. The standard InChI is InChI=1S/C19H21NO5S/c1-13(18(21)23-2)25-19(22)16-12-15(14-6-4-3-5-7-14)17(26-16)20-8-10-24-11-9-20/h3-7,12-13H,8-11H2,1-2H3/t13-/m0/s1. The number of anilines is 1. The lowest BCUT2D eigenvalue weighted by Gasteiger charge is -2.28. The molecule has 138 valence electrons. The van der Waals surface area contributed by atoms with Gasteiger partial charge in [-0.3, -0.25) is 0 Å². The van der Waals surface area contributed by atoms with E-state index in [1.165, 1.54) is 25.4 Å². The quantitative estimate of drug-likeness (QED) is 0.749. The minimum absolute atomic E-state index is 0.459. The molecule has 1 aliphatic rings. The van der Waals surface area contributed by atoms with E-state index in [1.54, 1.807) is 0 Å². The van der Waals surface area contributed by atoms with Gasteiger partial charge in [0.15, 0.2) is 6.10 Å². The van der Waals surface area contributed by atoms with E-state index in [4.69, 9.17) is 9.47 Å². The number of methoxy groups -OCH3 is 1. The minimum Gasteiger partial charge on any atom is -0.466 e. The molecule has 0 unspecified atom stereocenters. The van der Waals surface area contributed by atoms with Gasteiger partial charge in [0.25, 0.3) is 0 Å². The Balaban J connectivity index is 1.90. The van der Waals surface area contributed by atoms with Crippen molar-refractivity contribution in [3.8, 4) is 11.1 Å². The number of nitrogens with zero attached hydrogens (tertiary/aromatic N) is 1. The van der Waals surface area contributed by atoms with E-state index >= 15 is 0 Å². The van der Waals surface area contributed by atoms with Crippen molar-refractivity contribution in [1.29, 1.82) is 0 Å². The number of carbonyl (C=O) groups excluding carboxylic acids is 2. The summed E-state index contributed by atoms with van der Waals surface area (Å²) in [5.41, 5.74) is 2.01. The van der Waals surface area contributed by atoms with E-state index in [2.05, 4.69) is 9.64 Å². The molecule has 1 atom stereocenters. The Bertz CT molecular complexity index is 767. The number of hydrogen-bond acceptors (Lipinski definition) is 7. The number of benzene rings is 1. The van der Waals surface area contributed by atoms with Gasteiger partial charge < -0.3 is 19.1 Å². The summed E-state index contributed by atoms with van der Waals surface area (Å²) in [5.74, 6) is -1.10. The van der Waals surface area contributed by atoms with E-state index in [0.717, 1.165) is 29.2 Å². The molecular formula is C19H21NO5S. The van der Waals surface area contributed by atoms with Crippen LogP contribution in [-0.4, -0.2) is 51.5 Å². The Morgan fingerprint density at radius 1 is 1.19 bits per heavy atom. The van der Waals surface area contributed by atoms with Gasteiger partial charge in [0.1, 0.15) is 4.88 Å². The van der Waals surface area contributed by atoms with E-state index in [9.17, 15) is 9.59 Å². The van der Waals surface area contributed by atoms with Crippen molar-refractivity contribution in [3.05, 3.63) is 41.3 Å². The summed E-state index contributed by atoms with van der Waals surface area (Å²) in [4.78, 5) is 26.7. The zero-order chi connectivity index (χ0) is 18.5. The Labute approximate surface area is 156 Å². The average Bonchev–Trinajstić information content (AvgIpc) is 3.14. The highest BCUT2D eigenvalue weighted by Crippen LogP contribution is 2.39. The van der Waals surface area contributed by atoms with Gasteiger partial charge in [-0.2, -0.15) is 0 Å². The fourth-order valence-electron chi connectivity index (χ4n) is 2.74. The third-order valence-electron chi connectivity index (χ3n) is 4.11.